The number of likely N-dealkylation sites (N-methyl/N-ethyl adjacent to an activating group) is 2. The van der Waals surface area contributed by atoms with Crippen molar-refractivity contribution in [1.82, 2.24) is 10.2 Å². The molecule has 0 bridgehead atoms. The zero-order valence-electron chi connectivity index (χ0n) is 12.3. The molecule has 1 atom stereocenters. The first kappa shape index (κ1) is 15.0. The van der Waals surface area contributed by atoms with Crippen LogP contribution in [0.15, 0.2) is 0 Å². The van der Waals surface area contributed by atoms with E-state index in [0.29, 0.717) is 0 Å². The maximum Gasteiger partial charge on any atom is 0.0223 e. The molecule has 0 spiro atoms. The molecular formula is C15H32N2. The summed E-state index contributed by atoms with van der Waals surface area (Å²) in [6.45, 7) is 14.0. The SMILES string of the molecule is CCNC(CN(CC)CC(CC)CC)C1CC1. The maximum atomic E-state index is 3.68. The average Bonchev–Trinajstić information content (AvgIpc) is 3.17. The van der Waals surface area contributed by atoms with Gasteiger partial charge in [0, 0.05) is 19.1 Å². The van der Waals surface area contributed by atoms with Gasteiger partial charge in [0.25, 0.3) is 0 Å². The molecule has 0 aromatic carbocycles. The Hall–Kier alpha value is -0.0800. The van der Waals surface area contributed by atoms with Gasteiger partial charge in [-0.2, -0.15) is 0 Å². The fourth-order valence-corrected chi connectivity index (χ4v) is 2.66. The molecule has 1 fully saturated rings. The van der Waals surface area contributed by atoms with E-state index in [-0.39, 0.29) is 0 Å². The third kappa shape index (κ3) is 5.39. The number of nitrogens with zero attached hydrogens (tertiary/aromatic N) is 1. The van der Waals surface area contributed by atoms with Gasteiger partial charge < -0.3 is 10.2 Å². The smallest absolute Gasteiger partial charge is 0.0223 e. The van der Waals surface area contributed by atoms with E-state index >= 15 is 0 Å². The maximum absolute atomic E-state index is 3.68. The van der Waals surface area contributed by atoms with Gasteiger partial charge in [-0.15, -0.1) is 0 Å². The average molecular weight is 240 g/mol. The highest BCUT2D eigenvalue weighted by Gasteiger charge is 2.31. The van der Waals surface area contributed by atoms with Gasteiger partial charge in [-0.25, -0.2) is 0 Å². The van der Waals surface area contributed by atoms with Gasteiger partial charge >= 0.3 is 0 Å². The van der Waals surface area contributed by atoms with Crippen LogP contribution in [0.5, 0.6) is 0 Å². The minimum Gasteiger partial charge on any atom is -0.313 e. The normalized spacial score (nSPS) is 18.0. The Labute approximate surface area is 108 Å². The number of rotatable bonds is 10. The summed E-state index contributed by atoms with van der Waals surface area (Å²) in [5.41, 5.74) is 0. The molecule has 102 valence electrons. The first-order valence-electron chi connectivity index (χ1n) is 7.70. The van der Waals surface area contributed by atoms with Gasteiger partial charge in [-0.05, 0) is 37.8 Å². The molecular weight excluding hydrogens is 208 g/mol. The molecule has 0 aromatic heterocycles. The number of hydrogen-bond acceptors (Lipinski definition) is 2. The van der Waals surface area contributed by atoms with Gasteiger partial charge in [-0.3, -0.25) is 0 Å². The number of nitrogens with one attached hydrogen (secondary N) is 1. The van der Waals surface area contributed by atoms with Crippen molar-refractivity contribution < 1.29 is 0 Å². The van der Waals surface area contributed by atoms with Crippen molar-refractivity contribution in [2.45, 2.75) is 59.4 Å². The summed E-state index contributed by atoms with van der Waals surface area (Å²) in [6, 6.07) is 0.745. The van der Waals surface area contributed by atoms with E-state index in [1.807, 2.05) is 0 Å². The standard InChI is InChI=1S/C15H32N2/c1-5-13(6-2)11-17(8-4)12-15(16-7-3)14-9-10-14/h13-16H,5-12H2,1-4H3. The van der Waals surface area contributed by atoms with Crippen LogP contribution >= 0.6 is 0 Å². The molecule has 0 saturated heterocycles. The van der Waals surface area contributed by atoms with E-state index in [9.17, 15) is 0 Å². The van der Waals surface area contributed by atoms with Crippen molar-refractivity contribution in [3.8, 4) is 0 Å². The fourth-order valence-electron chi connectivity index (χ4n) is 2.66. The minimum atomic E-state index is 0.745. The van der Waals surface area contributed by atoms with Gasteiger partial charge in [-0.1, -0.05) is 40.5 Å². The monoisotopic (exact) mass is 240 g/mol. The molecule has 1 N–H and O–H groups in total. The Morgan fingerprint density at radius 3 is 2.12 bits per heavy atom. The summed E-state index contributed by atoms with van der Waals surface area (Å²) in [6.07, 6.45) is 5.53. The predicted octanol–water partition coefficient (Wildman–Crippen LogP) is 3.13. The molecule has 0 aliphatic heterocycles. The van der Waals surface area contributed by atoms with Crippen molar-refractivity contribution in [3.63, 3.8) is 0 Å². The van der Waals surface area contributed by atoms with Crippen molar-refractivity contribution in [3.05, 3.63) is 0 Å². The molecule has 1 saturated carbocycles. The second kappa shape index (κ2) is 8.10. The van der Waals surface area contributed by atoms with Gasteiger partial charge in [0.1, 0.15) is 0 Å². The molecule has 1 rings (SSSR count). The quantitative estimate of drug-likeness (QED) is 0.631. The lowest BCUT2D eigenvalue weighted by atomic mass is 10.0. The molecule has 1 aliphatic carbocycles. The number of hydrogen-bond donors (Lipinski definition) is 1. The van der Waals surface area contributed by atoms with E-state index in [4.69, 9.17) is 0 Å². The van der Waals surface area contributed by atoms with Crippen LogP contribution < -0.4 is 5.32 Å². The topological polar surface area (TPSA) is 15.3 Å². The lowest BCUT2D eigenvalue weighted by molar-refractivity contribution is 0.203. The van der Waals surface area contributed by atoms with Crippen molar-refractivity contribution in [2.75, 3.05) is 26.2 Å². The summed E-state index contributed by atoms with van der Waals surface area (Å²) in [5.74, 6) is 1.85. The van der Waals surface area contributed by atoms with Gasteiger partial charge in [0.15, 0.2) is 0 Å². The van der Waals surface area contributed by atoms with Crippen LogP contribution in [0.4, 0.5) is 0 Å². The van der Waals surface area contributed by atoms with E-state index in [1.165, 1.54) is 45.3 Å². The van der Waals surface area contributed by atoms with Crippen LogP contribution in [-0.4, -0.2) is 37.1 Å². The summed E-state index contributed by atoms with van der Waals surface area (Å²) in [5, 5.41) is 3.68. The molecule has 17 heavy (non-hydrogen) atoms. The van der Waals surface area contributed by atoms with Crippen LogP contribution in [-0.2, 0) is 0 Å². The molecule has 0 radical (unpaired) electrons. The molecule has 0 aromatic rings. The first-order valence-corrected chi connectivity index (χ1v) is 7.70. The molecule has 1 unspecified atom stereocenters. The summed E-state index contributed by atoms with van der Waals surface area (Å²) in [7, 11) is 0. The molecule has 2 nitrogen and oxygen atoms in total. The van der Waals surface area contributed by atoms with Crippen LogP contribution in [0.1, 0.15) is 53.4 Å². The third-order valence-corrected chi connectivity index (χ3v) is 4.23. The second-order valence-electron chi connectivity index (χ2n) is 5.54. The highest BCUT2D eigenvalue weighted by molar-refractivity contribution is 4.88. The van der Waals surface area contributed by atoms with E-state index in [0.717, 1.165) is 24.4 Å². The van der Waals surface area contributed by atoms with Crippen LogP contribution in [0.2, 0.25) is 0 Å². The van der Waals surface area contributed by atoms with Crippen LogP contribution in [0, 0.1) is 11.8 Å². The minimum absolute atomic E-state index is 0.745. The molecule has 2 heteroatoms. The van der Waals surface area contributed by atoms with Crippen LogP contribution in [0.25, 0.3) is 0 Å². The Balaban J connectivity index is 2.37. The Bertz CT molecular complexity index is 185. The lowest BCUT2D eigenvalue weighted by Crippen LogP contribution is -2.44. The first-order chi connectivity index (χ1) is 8.24. The molecule has 1 aliphatic rings. The predicted molar refractivity (Wildman–Crippen MR) is 76.4 cm³/mol. The highest BCUT2D eigenvalue weighted by Crippen LogP contribution is 2.33. The zero-order chi connectivity index (χ0) is 12.7. The zero-order valence-corrected chi connectivity index (χ0v) is 12.3. The Morgan fingerprint density at radius 1 is 1.06 bits per heavy atom. The lowest BCUT2D eigenvalue weighted by Gasteiger charge is -2.29. The van der Waals surface area contributed by atoms with E-state index < -0.39 is 0 Å². The van der Waals surface area contributed by atoms with Gasteiger partial charge in [0.2, 0.25) is 0 Å². The van der Waals surface area contributed by atoms with E-state index in [1.54, 1.807) is 0 Å². The Kier molecular flexibility index (Phi) is 7.14. The summed E-state index contributed by atoms with van der Waals surface area (Å²) >= 11 is 0. The van der Waals surface area contributed by atoms with Crippen molar-refractivity contribution in [1.29, 1.82) is 0 Å². The van der Waals surface area contributed by atoms with Gasteiger partial charge in [0.05, 0.1) is 0 Å². The Morgan fingerprint density at radius 2 is 1.71 bits per heavy atom. The summed E-state index contributed by atoms with van der Waals surface area (Å²) < 4.78 is 0. The molecule has 0 heterocycles. The fraction of sp³-hybridized carbons (Fsp3) is 1.00. The second-order valence-corrected chi connectivity index (χ2v) is 5.54. The summed E-state index contributed by atoms with van der Waals surface area (Å²) in [4.78, 5) is 2.66. The highest BCUT2D eigenvalue weighted by atomic mass is 15.1. The van der Waals surface area contributed by atoms with Crippen molar-refractivity contribution >= 4 is 0 Å². The molecule has 0 amide bonds. The largest absolute Gasteiger partial charge is 0.313 e. The third-order valence-electron chi connectivity index (χ3n) is 4.23. The van der Waals surface area contributed by atoms with Crippen molar-refractivity contribution in [2.24, 2.45) is 11.8 Å². The van der Waals surface area contributed by atoms with E-state index in [2.05, 4.69) is 37.9 Å². The van der Waals surface area contributed by atoms with Crippen LogP contribution in [0.3, 0.4) is 0 Å².